The number of hydrogen-bond donors (Lipinski definition) is 0. The fraction of sp³-hybridized carbons (Fsp3) is 0.333. The molecule has 0 fully saturated rings. The van der Waals surface area contributed by atoms with Crippen molar-refractivity contribution in [1.29, 1.82) is 5.26 Å². The van der Waals surface area contributed by atoms with Crippen molar-refractivity contribution in [2.45, 2.75) is 23.7 Å². The smallest absolute Gasteiger partial charge is 0.446 e. The molecule has 0 atom stereocenters. The summed E-state index contributed by atoms with van der Waals surface area (Å²) in [6.07, 6.45) is -0.359. The maximum absolute atomic E-state index is 13.6. The highest BCUT2D eigenvalue weighted by Crippen LogP contribution is 2.39. The largest absolute Gasteiger partial charge is 0.466 e. The van der Waals surface area contributed by atoms with Crippen LogP contribution in [0.5, 0.6) is 0 Å². The number of halogens is 4. The number of carbonyl (C=O) groups excluding carboxylic acids is 1. The molecule has 0 unspecified atom stereocenters. The van der Waals surface area contributed by atoms with E-state index in [1.807, 2.05) is 0 Å². The van der Waals surface area contributed by atoms with Gasteiger partial charge in [-0.15, -0.1) is 0 Å². The molecule has 0 heterocycles. The molecule has 108 valence electrons. The molecule has 0 radical (unpaired) electrons. The average Bonchev–Trinajstić information content (AvgIpc) is 2.26. The summed E-state index contributed by atoms with van der Waals surface area (Å²) in [5, 5.41) is 8.69. The Morgan fingerprint density at radius 3 is 2.60 bits per heavy atom. The van der Waals surface area contributed by atoms with E-state index in [0.717, 1.165) is 12.1 Å². The lowest BCUT2D eigenvalue weighted by Crippen LogP contribution is -2.09. The Labute approximate surface area is 116 Å². The van der Waals surface area contributed by atoms with Crippen LogP contribution in [0.2, 0.25) is 0 Å². The predicted molar refractivity (Wildman–Crippen MR) is 63.4 cm³/mol. The van der Waals surface area contributed by atoms with Crippen LogP contribution < -0.4 is 0 Å². The SMILES string of the molecule is CCOC(=O)Cc1cc(F)c(C#N)c(SC(F)(F)F)c1. The van der Waals surface area contributed by atoms with Gasteiger partial charge in [-0.1, -0.05) is 0 Å². The van der Waals surface area contributed by atoms with Crippen LogP contribution in [-0.4, -0.2) is 18.1 Å². The first-order valence-electron chi connectivity index (χ1n) is 5.40. The van der Waals surface area contributed by atoms with Crippen LogP contribution in [0, 0.1) is 17.1 Å². The van der Waals surface area contributed by atoms with Crippen molar-refractivity contribution in [2.24, 2.45) is 0 Å². The molecule has 3 nitrogen and oxygen atoms in total. The van der Waals surface area contributed by atoms with E-state index in [1.165, 1.54) is 6.07 Å². The van der Waals surface area contributed by atoms with Gasteiger partial charge in [-0.25, -0.2) is 4.39 Å². The summed E-state index contributed by atoms with van der Waals surface area (Å²) in [4.78, 5) is 10.7. The number of hydrogen-bond acceptors (Lipinski definition) is 4. The lowest BCUT2D eigenvalue weighted by Gasteiger charge is -2.10. The minimum atomic E-state index is -4.65. The van der Waals surface area contributed by atoms with Gasteiger partial charge in [0, 0.05) is 4.90 Å². The Morgan fingerprint density at radius 1 is 1.45 bits per heavy atom. The van der Waals surface area contributed by atoms with Crippen molar-refractivity contribution >= 4 is 17.7 Å². The molecule has 0 amide bonds. The fourth-order valence-electron chi connectivity index (χ4n) is 1.43. The Balaban J connectivity index is 3.12. The molecular formula is C12H9F4NO2S. The topological polar surface area (TPSA) is 50.1 Å². The molecule has 0 spiro atoms. The van der Waals surface area contributed by atoms with Gasteiger partial charge >= 0.3 is 11.5 Å². The predicted octanol–water partition coefficient (Wildman–Crippen LogP) is 3.41. The van der Waals surface area contributed by atoms with Crippen molar-refractivity contribution in [2.75, 3.05) is 6.61 Å². The van der Waals surface area contributed by atoms with E-state index in [4.69, 9.17) is 5.26 Å². The van der Waals surface area contributed by atoms with Crippen LogP contribution in [0.15, 0.2) is 17.0 Å². The molecule has 0 saturated carbocycles. The Bertz CT molecular complexity index is 552. The van der Waals surface area contributed by atoms with Crippen LogP contribution in [-0.2, 0) is 16.0 Å². The number of benzene rings is 1. The number of esters is 1. The maximum Gasteiger partial charge on any atom is 0.446 e. The quantitative estimate of drug-likeness (QED) is 0.486. The second kappa shape index (κ2) is 6.61. The summed E-state index contributed by atoms with van der Waals surface area (Å²) in [6, 6.07) is 3.21. The van der Waals surface area contributed by atoms with E-state index in [1.54, 1.807) is 6.92 Å². The van der Waals surface area contributed by atoms with Gasteiger partial charge in [0.15, 0.2) is 0 Å². The second-order valence-corrected chi connectivity index (χ2v) is 4.70. The Morgan fingerprint density at radius 2 is 2.10 bits per heavy atom. The number of alkyl halides is 3. The third-order valence-corrected chi connectivity index (χ3v) is 2.88. The summed E-state index contributed by atoms with van der Waals surface area (Å²) in [7, 11) is 0. The van der Waals surface area contributed by atoms with E-state index >= 15 is 0 Å². The van der Waals surface area contributed by atoms with Crippen LogP contribution in [0.3, 0.4) is 0 Å². The van der Waals surface area contributed by atoms with Gasteiger partial charge in [-0.05, 0) is 36.4 Å². The Hall–Kier alpha value is -1.75. The fourth-order valence-corrected chi connectivity index (χ4v) is 2.13. The highest BCUT2D eigenvalue weighted by atomic mass is 32.2. The average molecular weight is 307 g/mol. The van der Waals surface area contributed by atoms with Gasteiger partial charge in [-0.3, -0.25) is 4.79 Å². The summed E-state index contributed by atoms with van der Waals surface area (Å²) in [6.45, 7) is 1.68. The molecule has 0 bridgehead atoms. The zero-order valence-corrected chi connectivity index (χ0v) is 11.1. The molecular weight excluding hydrogens is 298 g/mol. The molecule has 0 aliphatic heterocycles. The van der Waals surface area contributed by atoms with E-state index in [2.05, 4.69) is 4.74 Å². The lowest BCUT2D eigenvalue weighted by molar-refractivity contribution is -0.142. The number of carbonyl (C=O) groups is 1. The lowest BCUT2D eigenvalue weighted by atomic mass is 10.1. The highest BCUT2D eigenvalue weighted by molar-refractivity contribution is 8.00. The molecule has 8 heteroatoms. The van der Waals surface area contributed by atoms with Crippen LogP contribution in [0.4, 0.5) is 17.6 Å². The number of nitrogens with zero attached hydrogens (tertiary/aromatic N) is 1. The van der Waals surface area contributed by atoms with Crippen LogP contribution in [0.25, 0.3) is 0 Å². The molecule has 1 aromatic rings. The van der Waals surface area contributed by atoms with Gasteiger partial charge in [0.05, 0.1) is 13.0 Å². The molecule has 0 saturated heterocycles. The second-order valence-electron chi connectivity index (χ2n) is 3.59. The number of nitriles is 1. The van der Waals surface area contributed by atoms with Crippen LogP contribution >= 0.6 is 11.8 Å². The van der Waals surface area contributed by atoms with Gasteiger partial charge in [-0.2, -0.15) is 18.4 Å². The summed E-state index contributed by atoms with van der Waals surface area (Å²) < 4.78 is 55.2. The molecule has 1 rings (SSSR count). The van der Waals surface area contributed by atoms with Crippen molar-refractivity contribution < 1.29 is 27.1 Å². The normalized spacial score (nSPS) is 11.0. The highest BCUT2D eigenvalue weighted by Gasteiger charge is 2.31. The number of rotatable bonds is 4. The molecule has 20 heavy (non-hydrogen) atoms. The van der Waals surface area contributed by atoms with Gasteiger partial charge in [0.2, 0.25) is 0 Å². The Kier molecular flexibility index (Phi) is 5.39. The summed E-state index contributed by atoms with van der Waals surface area (Å²) in [5.74, 6) is -1.78. The van der Waals surface area contributed by atoms with Gasteiger partial charge in [0.25, 0.3) is 0 Å². The van der Waals surface area contributed by atoms with Gasteiger partial charge < -0.3 is 4.74 Å². The zero-order valence-electron chi connectivity index (χ0n) is 10.3. The minimum absolute atomic E-state index is 0.0201. The molecule has 1 aromatic carbocycles. The number of ether oxygens (including phenoxy) is 1. The zero-order chi connectivity index (χ0) is 15.3. The van der Waals surface area contributed by atoms with Crippen molar-refractivity contribution in [3.05, 3.63) is 29.1 Å². The summed E-state index contributed by atoms with van der Waals surface area (Å²) in [5.41, 5.74) is -5.33. The van der Waals surface area contributed by atoms with Crippen molar-refractivity contribution in [3.63, 3.8) is 0 Å². The molecule has 0 N–H and O–H groups in total. The van der Waals surface area contributed by atoms with Crippen LogP contribution in [0.1, 0.15) is 18.1 Å². The maximum atomic E-state index is 13.6. The first kappa shape index (κ1) is 16.3. The van der Waals surface area contributed by atoms with Crippen molar-refractivity contribution in [3.8, 4) is 6.07 Å². The standard InChI is InChI=1S/C12H9F4NO2S/c1-2-19-11(18)5-7-3-9(13)8(6-17)10(4-7)20-12(14,15)16/h3-4H,2,5H2,1H3. The monoisotopic (exact) mass is 307 g/mol. The molecule has 0 aliphatic rings. The minimum Gasteiger partial charge on any atom is -0.466 e. The van der Waals surface area contributed by atoms with Crippen molar-refractivity contribution in [1.82, 2.24) is 0 Å². The van der Waals surface area contributed by atoms with Gasteiger partial charge in [0.1, 0.15) is 17.4 Å². The summed E-state index contributed by atoms with van der Waals surface area (Å²) >= 11 is -0.594. The third kappa shape index (κ3) is 4.74. The first-order chi connectivity index (χ1) is 9.26. The number of thioether (sulfide) groups is 1. The molecule has 0 aromatic heterocycles. The van der Waals surface area contributed by atoms with E-state index < -0.39 is 39.5 Å². The third-order valence-electron chi connectivity index (χ3n) is 2.11. The van der Waals surface area contributed by atoms with E-state index in [0.29, 0.717) is 0 Å². The van der Waals surface area contributed by atoms with E-state index in [-0.39, 0.29) is 18.6 Å². The molecule has 0 aliphatic carbocycles. The first-order valence-corrected chi connectivity index (χ1v) is 6.22. The van der Waals surface area contributed by atoms with E-state index in [9.17, 15) is 22.4 Å².